The van der Waals surface area contributed by atoms with Gasteiger partial charge in [-0.15, -0.1) is 11.3 Å². The van der Waals surface area contributed by atoms with Gasteiger partial charge in [0.2, 0.25) is 5.91 Å². The molecule has 0 aliphatic carbocycles. The highest BCUT2D eigenvalue weighted by Gasteiger charge is 2.26. The van der Waals surface area contributed by atoms with Gasteiger partial charge < -0.3 is 20.2 Å². The molecule has 2 aromatic rings. The van der Waals surface area contributed by atoms with E-state index >= 15 is 0 Å². The number of aliphatic hydroxyl groups is 1. The number of thiophene rings is 1. The zero-order chi connectivity index (χ0) is 16.2. The molecular formula is C15H18N2O4S. The summed E-state index contributed by atoms with van der Waals surface area (Å²) in [6.45, 7) is 3.26. The Morgan fingerprint density at radius 3 is 2.77 bits per heavy atom. The van der Waals surface area contributed by atoms with E-state index in [2.05, 4.69) is 10.6 Å². The van der Waals surface area contributed by atoms with Crippen LogP contribution < -0.4 is 10.6 Å². The molecule has 2 heterocycles. The van der Waals surface area contributed by atoms with Crippen molar-refractivity contribution < 1.29 is 19.1 Å². The largest absolute Gasteiger partial charge is 0.459 e. The Balaban J connectivity index is 1.85. The van der Waals surface area contributed by atoms with Gasteiger partial charge in [-0.1, -0.05) is 6.07 Å². The maximum absolute atomic E-state index is 12.0. The molecule has 0 aromatic carbocycles. The molecule has 0 aliphatic rings. The second-order valence-corrected chi connectivity index (χ2v) is 6.09. The lowest BCUT2D eigenvalue weighted by Gasteiger charge is -2.23. The van der Waals surface area contributed by atoms with Gasteiger partial charge in [0.05, 0.1) is 12.8 Å². The summed E-state index contributed by atoms with van der Waals surface area (Å²) in [5.41, 5.74) is -1.14. The number of amides is 2. The Bertz CT molecular complexity index is 620. The Labute approximate surface area is 132 Å². The molecule has 0 radical (unpaired) electrons. The summed E-state index contributed by atoms with van der Waals surface area (Å²) in [7, 11) is 0. The Morgan fingerprint density at radius 1 is 1.41 bits per heavy atom. The molecule has 2 unspecified atom stereocenters. The Hall–Kier alpha value is -2.12. The second kappa shape index (κ2) is 6.76. The maximum Gasteiger partial charge on any atom is 0.287 e. The van der Waals surface area contributed by atoms with Gasteiger partial charge in [0, 0.05) is 4.88 Å². The van der Waals surface area contributed by atoms with E-state index < -0.39 is 17.6 Å². The van der Waals surface area contributed by atoms with E-state index in [1.165, 1.54) is 23.7 Å². The third-order valence-corrected chi connectivity index (χ3v) is 4.27. The molecule has 2 aromatic heterocycles. The van der Waals surface area contributed by atoms with E-state index in [0.29, 0.717) is 0 Å². The predicted molar refractivity (Wildman–Crippen MR) is 82.5 cm³/mol. The van der Waals surface area contributed by atoms with Gasteiger partial charge in [-0.05, 0) is 37.4 Å². The lowest BCUT2D eigenvalue weighted by molar-refractivity contribution is -0.123. The van der Waals surface area contributed by atoms with Crippen molar-refractivity contribution >= 4 is 23.2 Å². The number of hydrogen-bond acceptors (Lipinski definition) is 5. The normalized spacial score (nSPS) is 14.9. The van der Waals surface area contributed by atoms with Crippen molar-refractivity contribution in [3.63, 3.8) is 0 Å². The zero-order valence-corrected chi connectivity index (χ0v) is 13.1. The van der Waals surface area contributed by atoms with Gasteiger partial charge in [-0.2, -0.15) is 0 Å². The van der Waals surface area contributed by atoms with Crippen molar-refractivity contribution in [3.05, 3.63) is 46.5 Å². The molecule has 3 N–H and O–H groups in total. The van der Waals surface area contributed by atoms with Gasteiger partial charge in [0.25, 0.3) is 5.91 Å². The maximum atomic E-state index is 12.0. The molecule has 118 valence electrons. The van der Waals surface area contributed by atoms with Crippen LogP contribution in [0.1, 0.15) is 29.3 Å². The first-order valence-electron chi connectivity index (χ1n) is 6.78. The minimum Gasteiger partial charge on any atom is -0.459 e. The average molecular weight is 322 g/mol. The number of furan rings is 1. The topological polar surface area (TPSA) is 91.6 Å². The fourth-order valence-corrected chi connectivity index (χ4v) is 2.61. The zero-order valence-electron chi connectivity index (χ0n) is 12.3. The van der Waals surface area contributed by atoms with Crippen molar-refractivity contribution in [1.29, 1.82) is 0 Å². The van der Waals surface area contributed by atoms with Gasteiger partial charge in [-0.3, -0.25) is 9.59 Å². The standard InChI is InChI=1S/C15H18N2O4S/c1-10(17-14(19)11-5-3-7-21-11)13(18)16-9-15(2,20)12-6-4-8-22-12/h3-8,10,20H,9H2,1-2H3,(H,16,18)(H,17,19). The van der Waals surface area contributed by atoms with Gasteiger partial charge >= 0.3 is 0 Å². The Morgan fingerprint density at radius 2 is 2.18 bits per heavy atom. The van der Waals surface area contributed by atoms with E-state index in [0.717, 1.165) is 4.88 Å². The smallest absolute Gasteiger partial charge is 0.287 e. The molecule has 6 nitrogen and oxygen atoms in total. The molecule has 2 rings (SSSR count). The quantitative estimate of drug-likeness (QED) is 0.751. The summed E-state index contributed by atoms with van der Waals surface area (Å²) in [4.78, 5) is 24.5. The minimum atomic E-state index is -1.14. The molecule has 0 bridgehead atoms. The molecular weight excluding hydrogens is 304 g/mol. The molecule has 0 saturated heterocycles. The highest BCUT2D eigenvalue weighted by atomic mass is 32.1. The summed E-state index contributed by atoms with van der Waals surface area (Å²) in [5.74, 6) is -0.695. The highest BCUT2D eigenvalue weighted by Crippen LogP contribution is 2.24. The monoisotopic (exact) mass is 322 g/mol. The van der Waals surface area contributed by atoms with E-state index in [1.54, 1.807) is 26.0 Å². The number of rotatable bonds is 6. The highest BCUT2D eigenvalue weighted by molar-refractivity contribution is 7.10. The lowest BCUT2D eigenvalue weighted by Crippen LogP contribution is -2.48. The van der Waals surface area contributed by atoms with E-state index in [-0.39, 0.29) is 18.2 Å². The predicted octanol–water partition coefficient (Wildman–Crippen LogP) is 1.48. The Kier molecular flexibility index (Phi) is 4.99. The SMILES string of the molecule is CC(NC(=O)c1ccco1)C(=O)NCC(C)(O)c1cccs1. The third-order valence-electron chi connectivity index (χ3n) is 3.14. The first kappa shape index (κ1) is 16.3. The van der Waals surface area contributed by atoms with Crippen molar-refractivity contribution in [3.8, 4) is 0 Å². The number of carbonyl (C=O) groups excluding carboxylic acids is 2. The van der Waals surface area contributed by atoms with Crippen LogP contribution in [0.3, 0.4) is 0 Å². The number of nitrogens with one attached hydrogen (secondary N) is 2. The first-order valence-corrected chi connectivity index (χ1v) is 7.66. The molecule has 0 saturated carbocycles. The van der Waals surface area contributed by atoms with Crippen LogP contribution in [0.5, 0.6) is 0 Å². The summed E-state index contributed by atoms with van der Waals surface area (Å²) in [5, 5.41) is 17.4. The fraction of sp³-hybridized carbons (Fsp3) is 0.333. The summed E-state index contributed by atoms with van der Waals surface area (Å²) < 4.78 is 4.96. The molecule has 0 fully saturated rings. The van der Waals surface area contributed by atoms with Crippen LogP contribution in [0.4, 0.5) is 0 Å². The fourth-order valence-electron chi connectivity index (χ4n) is 1.83. The minimum absolute atomic E-state index is 0.0628. The second-order valence-electron chi connectivity index (χ2n) is 5.14. The van der Waals surface area contributed by atoms with Crippen molar-refractivity contribution in [2.24, 2.45) is 0 Å². The molecule has 2 atom stereocenters. The van der Waals surface area contributed by atoms with Gasteiger partial charge in [-0.25, -0.2) is 0 Å². The van der Waals surface area contributed by atoms with Crippen LogP contribution in [0.15, 0.2) is 40.3 Å². The van der Waals surface area contributed by atoms with E-state index in [1.807, 2.05) is 11.4 Å². The van der Waals surface area contributed by atoms with Crippen molar-refractivity contribution in [1.82, 2.24) is 10.6 Å². The van der Waals surface area contributed by atoms with Crippen LogP contribution >= 0.6 is 11.3 Å². The van der Waals surface area contributed by atoms with Crippen LogP contribution in [0, 0.1) is 0 Å². The lowest BCUT2D eigenvalue weighted by atomic mass is 10.1. The molecule has 7 heteroatoms. The number of hydrogen-bond donors (Lipinski definition) is 3. The molecule has 22 heavy (non-hydrogen) atoms. The van der Waals surface area contributed by atoms with Gasteiger partial charge in [0.15, 0.2) is 5.76 Å². The van der Waals surface area contributed by atoms with Crippen molar-refractivity contribution in [2.75, 3.05) is 6.54 Å². The molecule has 0 spiro atoms. The summed E-state index contributed by atoms with van der Waals surface area (Å²) in [6.07, 6.45) is 1.39. The van der Waals surface area contributed by atoms with Crippen LogP contribution in [0.2, 0.25) is 0 Å². The van der Waals surface area contributed by atoms with E-state index in [4.69, 9.17) is 4.42 Å². The third kappa shape index (κ3) is 3.96. The van der Waals surface area contributed by atoms with Crippen molar-refractivity contribution in [2.45, 2.75) is 25.5 Å². The van der Waals surface area contributed by atoms with Crippen LogP contribution in [0.25, 0.3) is 0 Å². The first-order chi connectivity index (χ1) is 10.4. The van der Waals surface area contributed by atoms with Crippen LogP contribution in [-0.2, 0) is 10.4 Å². The van der Waals surface area contributed by atoms with Crippen LogP contribution in [-0.4, -0.2) is 29.5 Å². The van der Waals surface area contributed by atoms with Gasteiger partial charge in [0.1, 0.15) is 11.6 Å². The molecule has 0 aliphatic heterocycles. The summed E-state index contributed by atoms with van der Waals surface area (Å²) >= 11 is 1.42. The average Bonchev–Trinajstić information content (AvgIpc) is 3.16. The summed E-state index contributed by atoms with van der Waals surface area (Å²) in [6, 6.07) is 6.01. The number of carbonyl (C=O) groups is 2. The van der Waals surface area contributed by atoms with E-state index in [9.17, 15) is 14.7 Å². The molecule has 2 amide bonds.